The number of hydrogen-bond donors (Lipinski definition) is 2. The molecule has 0 spiro atoms. The summed E-state index contributed by atoms with van der Waals surface area (Å²) in [4.78, 5) is 44.0. The van der Waals surface area contributed by atoms with Crippen molar-refractivity contribution in [2.45, 2.75) is 31.7 Å². The molecule has 1 heterocycles. The Morgan fingerprint density at radius 3 is 2.42 bits per heavy atom. The molecule has 254 valence electrons. The summed E-state index contributed by atoms with van der Waals surface area (Å²) in [7, 11) is 1.56. The van der Waals surface area contributed by atoms with E-state index in [-0.39, 0.29) is 58.8 Å². The van der Waals surface area contributed by atoms with Crippen molar-refractivity contribution in [2.24, 2.45) is 0 Å². The van der Waals surface area contributed by atoms with Gasteiger partial charge in [0.05, 0.1) is 30.5 Å². The van der Waals surface area contributed by atoms with Crippen LogP contribution in [0.2, 0.25) is 5.02 Å². The zero-order valence-electron chi connectivity index (χ0n) is 25.4. The maximum Gasteiger partial charge on any atom is 0.422 e. The van der Waals surface area contributed by atoms with Crippen LogP contribution >= 0.6 is 39.9 Å². The van der Waals surface area contributed by atoms with Gasteiger partial charge in [-0.05, 0) is 85.4 Å². The largest absolute Gasteiger partial charge is 0.484 e. The molecule has 0 radical (unpaired) electrons. The Kier molecular flexibility index (Phi) is 11.6. The number of alkyl halides is 3. The summed E-state index contributed by atoms with van der Waals surface area (Å²) < 4.78 is 59.6. The normalized spacial score (nSPS) is 15.3. The smallest absolute Gasteiger partial charge is 0.422 e. The molecule has 0 aliphatic carbocycles. The van der Waals surface area contributed by atoms with E-state index in [4.69, 9.17) is 16.3 Å². The fourth-order valence-electron chi connectivity index (χ4n) is 5.21. The zero-order chi connectivity index (χ0) is 34.0. The van der Waals surface area contributed by atoms with Crippen LogP contribution in [-0.4, -0.2) is 56.2 Å². The Morgan fingerprint density at radius 2 is 1.75 bits per heavy atom. The van der Waals surface area contributed by atoms with Crippen LogP contribution in [0.25, 0.3) is 10.8 Å². The average molecular weight is 772 g/mol. The van der Waals surface area contributed by atoms with Crippen LogP contribution in [0.15, 0.2) is 77.3 Å². The van der Waals surface area contributed by atoms with Gasteiger partial charge in [-0.3, -0.25) is 14.4 Å². The van der Waals surface area contributed by atoms with Gasteiger partial charge in [0, 0.05) is 20.6 Å². The predicted octanol–water partition coefficient (Wildman–Crippen LogP) is 7.04. The average Bonchev–Trinajstić information content (AvgIpc) is 3.13. The molecule has 15 heteroatoms. The lowest BCUT2D eigenvalue weighted by Crippen LogP contribution is -2.55. The standard InChI is InChI=1S/C33H28BrClF4N4O4.ClH/c1-18(40-2)30(44)41-26-16-43(31(45)19-3-8-23(36)9-4-19)28-14-22(35)7-11-27(28)42(32(26)46)15-25-24-10-6-21(34)13-20(24)5-12-29(25)47-17-33(37,38)39;/h3-14,18,26,40H,15-17H2,1-2H3,(H,41,44);1H. The van der Waals surface area contributed by atoms with Gasteiger partial charge in [0.2, 0.25) is 5.91 Å². The molecule has 2 unspecified atom stereocenters. The number of rotatable bonds is 8. The molecule has 4 aromatic carbocycles. The molecular formula is C33H29BrCl2F4N4O4. The van der Waals surface area contributed by atoms with Gasteiger partial charge >= 0.3 is 6.18 Å². The summed E-state index contributed by atoms with van der Waals surface area (Å²) in [6.07, 6.45) is -4.63. The number of fused-ring (bicyclic) bond motifs is 2. The van der Waals surface area contributed by atoms with E-state index in [2.05, 4.69) is 26.6 Å². The Morgan fingerprint density at radius 1 is 1.04 bits per heavy atom. The first-order valence-corrected chi connectivity index (χ1v) is 15.5. The Hall–Kier alpha value is -3.91. The third-order valence-electron chi connectivity index (χ3n) is 7.69. The van der Waals surface area contributed by atoms with Gasteiger partial charge in [-0.2, -0.15) is 13.2 Å². The summed E-state index contributed by atoms with van der Waals surface area (Å²) in [6, 6.07) is 15.5. The lowest BCUT2D eigenvalue weighted by Gasteiger charge is -2.28. The number of ether oxygens (including phenoxy) is 1. The highest BCUT2D eigenvalue weighted by atomic mass is 79.9. The van der Waals surface area contributed by atoms with Gasteiger partial charge in [0.1, 0.15) is 17.6 Å². The highest BCUT2D eigenvalue weighted by Crippen LogP contribution is 2.40. The maximum atomic E-state index is 14.5. The number of carbonyl (C=O) groups excluding carboxylic acids is 3. The van der Waals surface area contributed by atoms with Crippen LogP contribution in [0.1, 0.15) is 22.8 Å². The van der Waals surface area contributed by atoms with Gasteiger partial charge in [-0.1, -0.05) is 39.7 Å². The summed E-state index contributed by atoms with van der Waals surface area (Å²) in [5.41, 5.74) is 0.762. The molecule has 2 atom stereocenters. The highest BCUT2D eigenvalue weighted by molar-refractivity contribution is 9.10. The molecule has 2 N–H and O–H groups in total. The summed E-state index contributed by atoms with van der Waals surface area (Å²) >= 11 is 9.80. The number of nitrogens with zero attached hydrogens (tertiary/aromatic N) is 2. The topological polar surface area (TPSA) is 91.0 Å². The van der Waals surface area contributed by atoms with E-state index in [1.807, 2.05) is 0 Å². The molecule has 5 rings (SSSR count). The lowest BCUT2D eigenvalue weighted by molar-refractivity contribution is -0.153. The Balaban J connectivity index is 0.00000520. The van der Waals surface area contributed by atoms with E-state index in [1.54, 1.807) is 38.2 Å². The van der Waals surface area contributed by atoms with Crippen LogP contribution in [0.5, 0.6) is 5.75 Å². The van der Waals surface area contributed by atoms with Crippen molar-refractivity contribution in [3.05, 3.63) is 99.2 Å². The van der Waals surface area contributed by atoms with Gasteiger partial charge in [0.25, 0.3) is 11.8 Å². The third-order valence-corrected chi connectivity index (χ3v) is 8.41. The van der Waals surface area contributed by atoms with Gasteiger partial charge in [-0.25, -0.2) is 4.39 Å². The summed E-state index contributed by atoms with van der Waals surface area (Å²) in [5, 5.41) is 6.91. The molecule has 48 heavy (non-hydrogen) atoms. The molecule has 1 aliphatic rings. The maximum absolute atomic E-state index is 14.5. The highest BCUT2D eigenvalue weighted by Gasteiger charge is 2.39. The predicted molar refractivity (Wildman–Crippen MR) is 182 cm³/mol. The summed E-state index contributed by atoms with van der Waals surface area (Å²) in [6.45, 7) is -0.613. The second-order valence-electron chi connectivity index (χ2n) is 10.9. The van der Waals surface area contributed by atoms with Crippen LogP contribution in [0, 0.1) is 5.82 Å². The van der Waals surface area contributed by atoms with Crippen molar-refractivity contribution in [1.82, 2.24) is 10.6 Å². The molecule has 1 aliphatic heterocycles. The van der Waals surface area contributed by atoms with Gasteiger partial charge < -0.3 is 25.2 Å². The molecule has 0 fully saturated rings. The fraction of sp³-hybridized carbons (Fsp3) is 0.242. The minimum absolute atomic E-state index is 0. The molecule has 0 aromatic heterocycles. The zero-order valence-corrected chi connectivity index (χ0v) is 28.6. The van der Waals surface area contributed by atoms with Crippen molar-refractivity contribution >= 4 is 79.8 Å². The molecule has 4 aromatic rings. The lowest BCUT2D eigenvalue weighted by atomic mass is 10.0. The van der Waals surface area contributed by atoms with E-state index in [9.17, 15) is 31.9 Å². The van der Waals surface area contributed by atoms with Crippen LogP contribution in [0.4, 0.5) is 28.9 Å². The van der Waals surface area contributed by atoms with Crippen molar-refractivity contribution in [2.75, 3.05) is 30.0 Å². The van der Waals surface area contributed by atoms with E-state index in [0.717, 1.165) is 16.6 Å². The number of likely N-dealkylation sites (N-methyl/N-ethyl adjacent to an activating group) is 1. The van der Waals surface area contributed by atoms with Crippen molar-refractivity contribution in [3.63, 3.8) is 0 Å². The molecule has 8 nitrogen and oxygen atoms in total. The van der Waals surface area contributed by atoms with Crippen LogP contribution in [0.3, 0.4) is 0 Å². The van der Waals surface area contributed by atoms with Gasteiger partial charge in [-0.15, -0.1) is 12.4 Å². The first kappa shape index (κ1) is 36.9. The number of hydrogen-bond acceptors (Lipinski definition) is 5. The Bertz CT molecular complexity index is 1850. The van der Waals surface area contributed by atoms with Crippen LogP contribution in [-0.2, 0) is 16.1 Å². The first-order chi connectivity index (χ1) is 22.3. The second-order valence-corrected chi connectivity index (χ2v) is 12.2. The van der Waals surface area contributed by atoms with Crippen molar-refractivity contribution in [1.29, 1.82) is 0 Å². The van der Waals surface area contributed by atoms with Crippen molar-refractivity contribution < 1.29 is 36.7 Å². The Labute approximate surface area is 292 Å². The van der Waals surface area contributed by atoms with E-state index in [0.29, 0.717) is 10.8 Å². The molecular weight excluding hydrogens is 743 g/mol. The fourth-order valence-corrected chi connectivity index (χ4v) is 5.75. The number of amides is 3. The SMILES string of the molecule is CNC(C)C(=O)NC1CN(C(=O)c2ccc(F)cc2)c2cc(Cl)ccc2N(Cc2c(OCC(F)(F)F)ccc3cc(Br)ccc23)C1=O.Cl. The molecule has 0 bridgehead atoms. The third kappa shape index (κ3) is 8.20. The van der Waals surface area contributed by atoms with Crippen LogP contribution < -0.4 is 25.2 Å². The van der Waals surface area contributed by atoms with E-state index >= 15 is 0 Å². The molecule has 3 amide bonds. The minimum atomic E-state index is -4.63. The van der Waals surface area contributed by atoms with Crippen molar-refractivity contribution in [3.8, 4) is 5.75 Å². The monoisotopic (exact) mass is 770 g/mol. The number of benzene rings is 4. The molecule has 0 saturated heterocycles. The van der Waals surface area contributed by atoms with E-state index < -0.39 is 48.4 Å². The molecule has 0 saturated carbocycles. The number of halogens is 7. The quantitative estimate of drug-likeness (QED) is 0.188. The van der Waals surface area contributed by atoms with E-state index in [1.165, 1.54) is 46.2 Å². The number of anilines is 2. The first-order valence-electron chi connectivity index (χ1n) is 14.3. The number of nitrogens with one attached hydrogen (secondary N) is 2. The minimum Gasteiger partial charge on any atom is -0.484 e. The summed E-state index contributed by atoms with van der Waals surface area (Å²) in [5.74, 6) is -2.44. The number of carbonyl (C=O) groups is 3. The second kappa shape index (κ2) is 15.1. The van der Waals surface area contributed by atoms with Gasteiger partial charge in [0.15, 0.2) is 6.61 Å².